The highest BCUT2D eigenvalue weighted by Gasteiger charge is 2.55. The van der Waals surface area contributed by atoms with E-state index < -0.39 is 5.41 Å². The Labute approximate surface area is 134 Å². The van der Waals surface area contributed by atoms with Crippen LogP contribution in [0.1, 0.15) is 66.2 Å². The molecule has 0 heterocycles. The molecule has 0 aromatic carbocycles. The molecule has 124 valence electrons. The van der Waals surface area contributed by atoms with E-state index in [-0.39, 0.29) is 23.8 Å². The summed E-state index contributed by atoms with van der Waals surface area (Å²) < 4.78 is 5.22. The first-order chi connectivity index (χ1) is 10.2. The summed E-state index contributed by atoms with van der Waals surface area (Å²) in [6, 6.07) is 0. The molecule has 0 N–H and O–H groups in total. The molecule has 0 spiro atoms. The Hall–Kier alpha value is -0.860. The van der Waals surface area contributed by atoms with Gasteiger partial charge in [-0.3, -0.25) is 9.59 Å². The largest absolute Gasteiger partial charge is 0.457 e. The standard InChI is InChI=1S/C19H30O3/c1-18(2,3)17(21)22-11-16(20)10-19(4)14-6-12-5-13(8-14)9-15(19)7-12/h12-15H,5-11H2,1-4H3. The fraction of sp³-hybridized carbons (Fsp3) is 0.895. The maximum Gasteiger partial charge on any atom is 0.311 e. The van der Waals surface area contributed by atoms with E-state index in [1.165, 1.54) is 32.1 Å². The first-order valence-corrected chi connectivity index (χ1v) is 8.87. The van der Waals surface area contributed by atoms with Gasteiger partial charge in [-0.15, -0.1) is 0 Å². The zero-order valence-corrected chi connectivity index (χ0v) is 14.5. The molecule has 4 aliphatic carbocycles. The minimum atomic E-state index is -0.535. The van der Waals surface area contributed by atoms with Crippen molar-refractivity contribution in [2.45, 2.75) is 66.2 Å². The predicted molar refractivity (Wildman–Crippen MR) is 85.2 cm³/mol. The zero-order chi connectivity index (χ0) is 16.1. The van der Waals surface area contributed by atoms with Crippen molar-refractivity contribution in [2.75, 3.05) is 6.61 Å². The molecular weight excluding hydrogens is 276 g/mol. The van der Waals surface area contributed by atoms with Gasteiger partial charge in [0.25, 0.3) is 0 Å². The summed E-state index contributed by atoms with van der Waals surface area (Å²) in [7, 11) is 0. The van der Waals surface area contributed by atoms with E-state index in [9.17, 15) is 9.59 Å². The van der Waals surface area contributed by atoms with Crippen LogP contribution in [0, 0.1) is 34.5 Å². The van der Waals surface area contributed by atoms with Crippen LogP contribution in [0.5, 0.6) is 0 Å². The molecule has 0 aliphatic heterocycles. The topological polar surface area (TPSA) is 43.4 Å². The van der Waals surface area contributed by atoms with Crippen LogP contribution in [-0.4, -0.2) is 18.4 Å². The number of ether oxygens (including phenoxy) is 1. The number of hydrogen-bond donors (Lipinski definition) is 0. The quantitative estimate of drug-likeness (QED) is 0.737. The minimum Gasteiger partial charge on any atom is -0.457 e. The third kappa shape index (κ3) is 2.83. The third-order valence-electron chi connectivity index (χ3n) is 6.56. The zero-order valence-electron chi connectivity index (χ0n) is 14.5. The average molecular weight is 306 g/mol. The monoisotopic (exact) mass is 306 g/mol. The van der Waals surface area contributed by atoms with E-state index in [4.69, 9.17) is 4.74 Å². The summed E-state index contributed by atoms with van der Waals surface area (Å²) >= 11 is 0. The molecule has 4 fully saturated rings. The molecule has 3 nitrogen and oxygen atoms in total. The summed E-state index contributed by atoms with van der Waals surface area (Å²) in [5.41, 5.74) is -0.383. The molecule has 0 amide bonds. The lowest BCUT2D eigenvalue weighted by Crippen LogP contribution is -2.52. The van der Waals surface area contributed by atoms with Crippen LogP contribution in [0.25, 0.3) is 0 Å². The normalized spacial score (nSPS) is 39.8. The first-order valence-electron chi connectivity index (χ1n) is 8.87. The Morgan fingerprint density at radius 3 is 1.95 bits per heavy atom. The van der Waals surface area contributed by atoms with Gasteiger partial charge in [0.05, 0.1) is 5.41 Å². The van der Waals surface area contributed by atoms with Crippen molar-refractivity contribution >= 4 is 11.8 Å². The summed E-state index contributed by atoms with van der Waals surface area (Å²) in [5, 5.41) is 0. The second kappa shape index (κ2) is 5.35. The Morgan fingerprint density at radius 1 is 1.00 bits per heavy atom. The van der Waals surface area contributed by atoms with Crippen molar-refractivity contribution in [3.05, 3.63) is 0 Å². The van der Waals surface area contributed by atoms with Crippen molar-refractivity contribution in [1.29, 1.82) is 0 Å². The van der Waals surface area contributed by atoms with Crippen LogP contribution >= 0.6 is 0 Å². The number of rotatable bonds is 4. The van der Waals surface area contributed by atoms with Crippen LogP contribution in [0.15, 0.2) is 0 Å². The van der Waals surface area contributed by atoms with E-state index >= 15 is 0 Å². The molecule has 4 aliphatic rings. The van der Waals surface area contributed by atoms with Gasteiger partial charge in [0.2, 0.25) is 0 Å². The number of hydrogen-bond acceptors (Lipinski definition) is 3. The fourth-order valence-corrected chi connectivity index (χ4v) is 5.39. The molecular formula is C19H30O3. The highest BCUT2D eigenvalue weighted by atomic mass is 16.5. The lowest BCUT2D eigenvalue weighted by molar-refractivity contribution is -0.158. The van der Waals surface area contributed by atoms with Gasteiger partial charge in [0.1, 0.15) is 6.61 Å². The second-order valence-electron chi connectivity index (χ2n) is 9.35. The number of esters is 1. The molecule has 0 atom stereocenters. The van der Waals surface area contributed by atoms with Crippen molar-refractivity contribution in [1.82, 2.24) is 0 Å². The highest BCUT2D eigenvalue weighted by Crippen LogP contribution is 2.63. The molecule has 0 aromatic heterocycles. The molecule has 3 heteroatoms. The fourth-order valence-electron chi connectivity index (χ4n) is 5.39. The van der Waals surface area contributed by atoms with Crippen molar-refractivity contribution in [3.8, 4) is 0 Å². The Kier molecular flexibility index (Phi) is 3.89. The maximum atomic E-state index is 12.4. The number of ketones is 1. The van der Waals surface area contributed by atoms with Gasteiger partial charge in [-0.2, -0.15) is 0 Å². The van der Waals surface area contributed by atoms with Crippen molar-refractivity contribution in [2.24, 2.45) is 34.5 Å². The van der Waals surface area contributed by atoms with Crippen LogP contribution in [0.3, 0.4) is 0 Å². The van der Waals surface area contributed by atoms with Crippen LogP contribution in [0.4, 0.5) is 0 Å². The molecule has 4 bridgehead atoms. The van der Waals surface area contributed by atoms with Gasteiger partial charge in [0, 0.05) is 6.42 Å². The minimum absolute atomic E-state index is 0.0437. The molecule has 4 rings (SSSR count). The lowest BCUT2D eigenvalue weighted by Gasteiger charge is -2.60. The van der Waals surface area contributed by atoms with Gasteiger partial charge in [-0.1, -0.05) is 6.92 Å². The Bertz CT molecular complexity index is 444. The van der Waals surface area contributed by atoms with Crippen LogP contribution < -0.4 is 0 Å². The number of Topliss-reactive ketones (excluding diaryl/α,β-unsaturated/α-hetero) is 1. The van der Waals surface area contributed by atoms with Gasteiger partial charge in [0.15, 0.2) is 5.78 Å². The first kappa shape index (κ1) is 16.0. The van der Waals surface area contributed by atoms with Gasteiger partial charge >= 0.3 is 5.97 Å². The highest BCUT2D eigenvalue weighted by molar-refractivity contribution is 5.84. The Morgan fingerprint density at radius 2 is 1.50 bits per heavy atom. The SMILES string of the molecule is CC(C)(C)C(=O)OCC(=O)CC1(C)C2CC3CC(C2)CC1C3. The predicted octanol–water partition coefficient (Wildman–Crippen LogP) is 4.00. The third-order valence-corrected chi connectivity index (χ3v) is 6.56. The molecule has 0 saturated heterocycles. The van der Waals surface area contributed by atoms with Gasteiger partial charge in [-0.25, -0.2) is 0 Å². The van der Waals surface area contributed by atoms with E-state index in [0.29, 0.717) is 18.3 Å². The van der Waals surface area contributed by atoms with Gasteiger partial charge < -0.3 is 4.74 Å². The average Bonchev–Trinajstić information content (AvgIpc) is 2.40. The van der Waals surface area contributed by atoms with Crippen molar-refractivity contribution < 1.29 is 14.3 Å². The smallest absolute Gasteiger partial charge is 0.311 e. The molecule has 22 heavy (non-hydrogen) atoms. The summed E-state index contributed by atoms with van der Waals surface area (Å²) in [6.07, 6.45) is 7.30. The lowest BCUT2D eigenvalue weighted by atomic mass is 9.45. The summed E-state index contributed by atoms with van der Waals surface area (Å²) in [4.78, 5) is 24.2. The second-order valence-corrected chi connectivity index (χ2v) is 9.35. The van der Waals surface area contributed by atoms with Crippen LogP contribution in [0.2, 0.25) is 0 Å². The van der Waals surface area contributed by atoms with E-state index in [1.807, 2.05) is 20.8 Å². The van der Waals surface area contributed by atoms with Gasteiger partial charge in [-0.05, 0) is 82.0 Å². The summed E-state index contributed by atoms with van der Waals surface area (Å²) in [5.74, 6) is 3.09. The molecule has 0 radical (unpaired) electrons. The van der Waals surface area contributed by atoms with Crippen molar-refractivity contribution in [3.63, 3.8) is 0 Å². The summed E-state index contributed by atoms with van der Waals surface area (Å²) in [6.45, 7) is 7.73. The Balaban J connectivity index is 1.58. The van der Waals surface area contributed by atoms with Crippen LogP contribution in [-0.2, 0) is 14.3 Å². The number of carbonyl (C=O) groups is 2. The molecule has 0 unspecified atom stereocenters. The van der Waals surface area contributed by atoms with E-state index in [1.54, 1.807) is 0 Å². The molecule has 0 aromatic rings. The van der Waals surface area contributed by atoms with E-state index in [2.05, 4.69) is 6.92 Å². The number of carbonyl (C=O) groups excluding carboxylic acids is 2. The van der Waals surface area contributed by atoms with E-state index in [0.717, 1.165) is 11.8 Å². The maximum absolute atomic E-state index is 12.4. The molecule has 4 saturated carbocycles.